The molecule has 0 bridgehead atoms. The number of ether oxygens (including phenoxy) is 3. The highest BCUT2D eigenvalue weighted by Crippen LogP contribution is 2.13. The molecule has 0 saturated carbocycles. The van der Waals surface area contributed by atoms with Gasteiger partial charge in [0.15, 0.2) is 6.10 Å². The monoisotopic (exact) mass is 687 g/mol. The third kappa shape index (κ3) is 36.5. The summed E-state index contributed by atoms with van der Waals surface area (Å²) >= 11 is 0. The molecule has 0 aliphatic carbocycles. The van der Waals surface area contributed by atoms with Crippen LogP contribution in [-0.2, 0) is 28.6 Å². The smallest absolute Gasteiger partial charge is 0.306 e. The Hall–Kier alpha value is -2.63. The van der Waals surface area contributed by atoms with E-state index in [1.807, 2.05) is 0 Å². The predicted molar refractivity (Wildman–Crippen MR) is 205 cm³/mol. The number of hydrogen-bond donors (Lipinski definition) is 0. The first-order valence-electron chi connectivity index (χ1n) is 20.1. The lowest BCUT2D eigenvalue weighted by molar-refractivity contribution is -0.167. The summed E-state index contributed by atoms with van der Waals surface area (Å²) in [5, 5.41) is 0. The van der Waals surface area contributed by atoms with Crippen molar-refractivity contribution in [3.8, 4) is 0 Å². The number of allylic oxidation sites excluding steroid dienone is 8. The van der Waals surface area contributed by atoms with Gasteiger partial charge in [0.2, 0.25) is 0 Å². The van der Waals surface area contributed by atoms with Gasteiger partial charge in [0.05, 0.1) is 0 Å². The van der Waals surface area contributed by atoms with Gasteiger partial charge in [0.25, 0.3) is 0 Å². The van der Waals surface area contributed by atoms with Crippen LogP contribution in [0.5, 0.6) is 0 Å². The summed E-state index contributed by atoms with van der Waals surface area (Å²) in [4.78, 5) is 37.4. The van der Waals surface area contributed by atoms with Gasteiger partial charge in [0, 0.05) is 19.3 Å². The Kier molecular flexibility index (Phi) is 36.1. The van der Waals surface area contributed by atoms with Gasteiger partial charge in [-0.3, -0.25) is 14.4 Å². The van der Waals surface area contributed by atoms with Gasteiger partial charge in [-0.15, -0.1) is 0 Å². The Bertz CT molecular complexity index is 887. The maximum atomic E-state index is 12.6. The topological polar surface area (TPSA) is 78.9 Å². The van der Waals surface area contributed by atoms with Crippen LogP contribution in [0, 0.1) is 0 Å². The average molecular weight is 687 g/mol. The Morgan fingerprint density at radius 1 is 0.429 bits per heavy atom. The maximum absolute atomic E-state index is 12.6. The van der Waals surface area contributed by atoms with Crippen LogP contribution in [0.2, 0.25) is 0 Å². The van der Waals surface area contributed by atoms with Crippen molar-refractivity contribution >= 4 is 17.9 Å². The molecule has 0 aromatic heterocycles. The van der Waals surface area contributed by atoms with Crippen molar-refractivity contribution < 1.29 is 28.6 Å². The fraction of sp³-hybridized carbons (Fsp3) is 0.744. The molecule has 0 amide bonds. The van der Waals surface area contributed by atoms with E-state index in [-0.39, 0.29) is 37.5 Å². The molecule has 6 heteroatoms. The quantitative estimate of drug-likeness (QED) is 0.0286. The Morgan fingerprint density at radius 2 is 0.837 bits per heavy atom. The SMILES string of the molecule is CC/C=C\C/C=C\C/C=C\CCCC(=O)OCC(COC(=O)CCCCCCCCCCCC)OC(=O)CCCCCC/C=C\CCCC. The zero-order chi connectivity index (χ0) is 35.9. The Balaban J connectivity index is 4.47. The van der Waals surface area contributed by atoms with Crippen molar-refractivity contribution in [1.29, 1.82) is 0 Å². The highest BCUT2D eigenvalue weighted by Gasteiger charge is 2.19. The number of esters is 3. The first-order valence-corrected chi connectivity index (χ1v) is 20.1. The van der Waals surface area contributed by atoms with E-state index in [1.165, 1.54) is 57.8 Å². The second kappa shape index (κ2) is 38.2. The molecule has 49 heavy (non-hydrogen) atoms. The van der Waals surface area contributed by atoms with Crippen LogP contribution >= 0.6 is 0 Å². The largest absolute Gasteiger partial charge is 0.462 e. The minimum atomic E-state index is -0.791. The first kappa shape index (κ1) is 46.4. The summed E-state index contributed by atoms with van der Waals surface area (Å²) in [6, 6.07) is 0. The van der Waals surface area contributed by atoms with Crippen molar-refractivity contribution in [2.75, 3.05) is 13.2 Å². The van der Waals surface area contributed by atoms with Gasteiger partial charge in [-0.05, 0) is 64.2 Å². The van der Waals surface area contributed by atoms with Crippen LogP contribution in [0.4, 0.5) is 0 Å². The number of rotatable bonds is 35. The molecule has 0 N–H and O–H groups in total. The lowest BCUT2D eigenvalue weighted by Gasteiger charge is -2.18. The maximum Gasteiger partial charge on any atom is 0.306 e. The Labute approximate surface area is 301 Å². The third-order valence-corrected chi connectivity index (χ3v) is 8.32. The fourth-order valence-electron chi connectivity index (χ4n) is 5.27. The van der Waals surface area contributed by atoms with Crippen LogP contribution in [-0.4, -0.2) is 37.2 Å². The Morgan fingerprint density at radius 3 is 1.41 bits per heavy atom. The summed E-state index contributed by atoms with van der Waals surface area (Å²) in [7, 11) is 0. The van der Waals surface area contributed by atoms with Crippen LogP contribution in [0.15, 0.2) is 48.6 Å². The molecule has 6 nitrogen and oxygen atoms in total. The van der Waals surface area contributed by atoms with Gasteiger partial charge in [-0.2, -0.15) is 0 Å². The van der Waals surface area contributed by atoms with E-state index >= 15 is 0 Å². The molecule has 1 atom stereocenters. The summed E-state index contributed by atoms with van der Waals surface area (Å²) < 4.78 is 16.5. The molecule has 282 valence electrons. The minimum absolute atomic E-state index is 0.0928. The van der Waals surface area contributed by atoms with Gasteiger partial charge < -0.3 is 14.2 Å². The van der Waals surface area contributed by atoms with E-state index in [4.69, 9.17) is 14.2 Å². The molecule has 0 aliphatic rings. The lowest BCUT2D eigenvalue weighted by atomic mass is 10.1. The van der Waals surface area contributed by atoms with E-state index in [0.29, 0.717) is 19.3 Å². The molecule has 0 fully saturated rings. The van der Waals surface area contributed by atoms with Crippen LogP contribution in [0.25, 0.3) is 0 Å². The lowest BCUT2D eigenvalue weighted by Crippen LogP contribution is -2.30. The zero-order valence-electron chi connectivity index (χ0n) is 31.9. The van der Waals surface area contributed by atoms with Gasteiger partial charge in [-0.1, -0.05) is 153 Å². The average Bonchev–Trinajstić information content (AvgIpc) is 3.10. The molecule has 0 heterocycles. The number of carbonyl (C=O) groups excluding carboxylic acids is 3. The van der Waals surface area contributed by atoms with Gasteiger partial charge in [0.1, 0.15) is 13.2 Å². The standard InChI is InChI=1S/C43H74O6/c1-4-7-10-13-16-19-22-25-27-30-33-36-42(45)48-39-40(49-43(46)37-34-31-28-24-21-18-15-12-9-6-3)38-47-41(44)35-32-29-26-23-20-17-14-11-8-5-2/h7,10,15-16,18-19,25,27,40H,4-6,8-9,11-14,17,20-24,26,28-39H2,1-3H3/b10-7-,18-15-,19-16-,27-25-. The fourth-order valence-corrected chi connectivity index (χ4v) is 5.27. The third-order valence-electron chi connectivity index (χ3n) is 8.32. The van der Waals surface area contributed by atoms with E-state index in [2.05, 4.69) is 69.4 Å². The summed E-state index contributed by atoms with van der Waals surface area (Å²) in [5.41, 5.74) is 0. The number of hydrogen-bond acceptors (Lipinski definition) is 6. The van der Waals surface area contributed by atoms with Crippen LogP contribution in [0.3, 0.4) is 0 Å². The molecular formula is C43H74O6. The second-order valence-electron chi connectivity index (χ2n) is 13.2. The second-order valence-corrected chi connectivity index (χ2v) is 13.2. The minimum Gasteiger partial charge on any atom is -0.462 e. The summed E-state index contributed by atoms with van der Waals surface area (Å²) in [6.07, 6.45) is 42.5. The molecule has 0 spiro atoms. The predicted octanol–water partition coefficient (Wildman–Crippen LogP) is 12.4. The molecule has 0 radical (unpaired) electrons. The van der Waals surface area contributed by atoms with E-state index < -0.39 is 6.10 Å². The molecule has 0 saturated heterocycles. The van der Waals surface area contributed by atoms with Gasteiger partial charge in [-0.25, -0.2) is 0 Å². The van der Waals surface area contributed by atoms with Crippen molar-refractivity contribution in [2.45, 2.75) is 194 Å². The zero-order valence-corrected chi connectivity index (χ0v) is 31.9. The number of unbranched alkanes of at least 4 members (excludes halogenated alkanes) is 16. The van der Waals surface area contributed by atoms with Crippen molar-refractivity contribution in [2.24, 2.45) is 0 Å². The number of carbonyl (C=O) groups is 3. The van der Waals surface area contributed by atoms with Crippen LogP contribution in [0.1, 0.15) is 188 Å². The van der Waals surface area contributed by atoms with E-state index in [1.54, 1.807) is 0 Å². The van der Waals surface area contributed by atoms with E-state index in [0.717, 1.165) is 83.5 Å². The molecule has 0 aromatic rings. The van der Waals surface area contributed by atoms with Crippen molar-refractivity contribution in [3.05, 3.63) is 48.6 Å². The van der Waals surface area contributed by atoms with Crippen LogP contribution < -0.4 is 0 Å². The highest BCUT2D eigenvalue weighted by atomic mass is 16.6. The van der Waals surface area contributed by atoms with E-state index in [9.17, 15) is 14.4 Å². The van der Waals surface area contributed by atoms with Crippen molar-refractivity contribution in [1.82, 2.24) is 0 Å². The van der Waals surface area contributed by atoms with Gasteiger partial charge >= 0.3 is 17.9 Å². The molecule has 0 rings (SSSR count). The summed E-state index contributed by atoms with van der Waals surface area (Å²) in [6.45, 7) is 6.37. The summed E-state index contributed by atoms with van der Waals surface area (Å²) in [5.74, 6) is -0.973. The molecule has 1 unspecified atom stereocenters. The molecular weight excluding hydrogens is 612 g/mol. The van der Waals surface area contributed by atoms with Crippen molar-refractivity contribution in [3.63, 3.8) is 0 Å². The first-order chi connectivity index (χ1) is 24.0. The molecule has 0 aliphatic heterocycles. The molecule has 0 aromatic carbocycles. The highest BCUT2D eigenvalue weighted by molar-refractivity contribution is 5.71. The normalized spacial score (nSPS) is 12.5.